The van der Waals surface area contributed by atoms with Gasteiger partial charge < -0.3 is 21.1 Å². The van der Waals surface area contributed by atoms with Gasteiger partial charge in [0.2, 0.25) is 11.8 Å². The normalized spacial score (nSPS) is 18.9. The summed E-state index contributed by atoms with van der Waals surface area (Å²) >= 11 is 0. The molecule has 0 aliphatic heterocycles. The van der Waals surface area contributed by atoms with Crippen LogP contribution in [0.25, 0.3) is 0 Å². The number of primary amides is 1. The minimum absolute atomic E-state index is 0.0615. The molecule has 0 bridgehead atoms. The molecule has 1 fully saturated rings. The molecule has 0 spiro atoms. The molecule has 1 saturated carbocycles. The standard InChI is InChI=1S/C25H31N3O4/c1-2-27-25(31)32-16-17-12-14-18(15-13-17)20-10-6-7-11-21(20)24(30)28-22(23(26)29)19-8-4-3-5-9-19/h3-5,8-9,12-15,20-22H,2,6-7,10-11,16H2,1H3,(H2,26,29)(H,27,31)(H,28,30)/t20-,21+,22-/m0/s1. The Morgan fingerprint density at radius 1 is 1.03 bits per heavy atom. The molecule has 1 aliphatic rings. The van der Waals surface area contributed by atoms with E-state index in [-0.39, 0.29) is 24.3 Å². The Kier molecular flexibility index (Phi) is 8.25. The molecule has 3 rings (SSSR count). The van der Waals surface area contributed by atoms with Gasteiger partial charge in [0.05, 0.1) is 0 Å². The zero-order valence-electron chi connectivity index (χ0n) is 18.4. The first kappa shape index (κ1) is 23.3. The zero-order chi connectivity index (χ0) is 22.9. The molecule has 0 radical (unpaired) electrons. The van der Waals surface area contributed by atoms with Crippen molar-refractivity contribution in [2.45, 2.75) is 51.2 Å². The Hall–Kier alpha value is -3.35. The second kappa shape index (κ2) is 11.3. The number of nitrogens with one attached hydrogen (secondary N) is 2. The Morgan fingerprint density at radius 3 is 2.38 bits per heavy atom. The highest BCUT2D eigenvalue weighted by Gasteiger charge is 2.34. The first-order valence-electron chi connectivity index (χ1n) is 11.1. The van der Waals surface area contributed by atoms with Gasteiger partial charge in [-0.25, -0.2) is 4.79 Å². The van der Waals surface area contributed by atoms with Gasteiger partial charge in [-0.1, -0.05) is 67.4 Å². The Morgan fingerprint density at radius 2 is 1.72 bits per heavy atom. The van der Waals surface area contributed by atoms with Crippen molar-refractivity contribution in [3.63, 3.8) is 0 Å². The van der Waals surface area contributed by atoms with E-state index in [9.17, 15) is 14.4 Å². The van der Waals surface area contributed by atoms with E-state index in [1.54, 1.807) is 12.1 Å². The van der Waals surface area contributed by atoms with Crippen molar-refractivity contribution in [3.05, 3.63) is 71.3 Å². The predicted molar refractivity (Wildman–Crippen MR) is 122 cm³/mol. The quantitative estimate of drug-likeness (QED) is 0.586. The number of benzene rings is 2. The van der Waals surface area contributed by atoms with E-state index in [0.717, 1.165) is 36.8 Å². The molecule has 0 heterocycles. The second-order valence-electron chi connectivity index (χ2n) is 8.10. The summed E-state index contributed by atoms with van der Waals surface area (Å²) < 4.78 is 5.16. The van der Waals surface area contributed by atoms with E-state index in [1.807, 2.05) is 49.4 Å². The van der Waals surface area contributed by atoms with Gasteiger partial charge in [-0.15, -0.1) is 0 Å². The maximum atomic E-state index is 13.2. The van der Waals surface area contributed by atoms with E-state index in [4.69, 9.17) is 10.5 Å². The van der Waals surface area contributed by atoms with Crippen LogP contribution in [0.4, 0.5) is 4.79 Å². The van der Waals surface area contributed by atoms with Gasteiger partial charge >= 0.3 is 6.09 Å². The van der Waals surface area contributed by atoms with Crippen molar-refractivity contribution in [2.24, 2.45) is 11.7 Å². The highest BCUT2D eigenvalue weighted by atomic mass is 16.5. The third-order valence-corrected chi connectivity index (χ3v) is 5.91. The molecular weight excluding hydrogens is 406 g/mol. The lowest BCUT2D eigenvalue weighted by atomic mass is 9.74. The maximum Gasteiger partial charge on any atom is 0.407 e. The average Bonchev–Trinajstić information content (AvgIpc) is 2.82. The summed E-state index contributed by atoms with van der Waals surface area (Å²) in [6.45, 7) is 2.54. The number of carbonyl (C=O) groups excluding carboxylic acids is 3. The summed E-state index contributed by atoms with van der Waals surface area (Å²) in [5, 5.41) is 5.47. The van der Waals surface area contributed by atoms with Gasteiger partial charge in [-0.3, -0.25) is 9.59 Å². The Labute approximate surface area is 188 Å². The summed E-state index contributed by atoms with van der Waals surface area (Å²) in [5.41, 5.74) is 8.22. The number of nitrogens with two attached hydrogens (primary N) is 1. The van der Waals surface area contributed by atoms with Crippen molar-refractivity contribution in [1.82, 2.24) is 10.6 Å². The fourth-order valence-corrected chi connectivity index (χ4v) is 4.26. The van der Waals surface area contributed by atoms with E-state index >= 15 is 0 Å². The third-order valence-electron chi connectivity index (χ3n) is 5.91. The molecule has 3 amide bonds. The third kappa shape index (κ3) is 6.09. The maximum absolute atomic E-state index is 13.2. The lowest BCUT2D eigenvalue weighted by Gasteiger charge is -2.32. The molecule has 2 aromatic rings. The van der Waals surface area contributed by atoms with Crippen LogP contribution >= 0.6 is 0 Å². The lowest BCUT2D eigenvalue weighted by molar-refractivity contribution is -0.131. The summed E-state index contributed by atoms with van der Waals surface area (Å²) in [6, 6.07) is 16.1. The molecule has 3 atom stereocenters. The van der Waals surface area contributed by atoms with Crippen molar-refractivity contribution < 1.29 is 19.1 Å². The predicted octanol–water partition coefficient (Wildman–Crippen LogP) is 3.55. The molecule has 1 aliphatic carbocycles. The number of ether oxygens (including phenoxy) is 1. The summed E-state index contributed by atoms with van der Waals surface area (Å²) in [4.78, 5) is 36.7. The monoisotopic (exact) mass is 437 g/mol. The highest BCUT2D eigenvalue weighted by Crippen LogP contribution is 2.38. The lowest BCUT2D eigenvalue weighted by Crippen LogP contribution is -2.42. The van der Waals surface area contributed by atoms with E-state index in [1.165, 1.54) is 0 Å². The van der Waals surface area contributed by atoms with E-state index in [2.05, 4.69) is 10.6 Å². The Bertz CT molecular complexity index is 915. The number of alkyl carbamates (subject to hydrolysis) is 1. The molecule has 7 nitrogen and oxygen atoms in total. The molecule has 7 heteroatoms. The first-order valence-corrected chi connectivity index (χ1v) is 11.1. The van der Waals surface area contributed by atoms with Crippen LogP contribution in [-0.4, -0.2) is 24.5 Å². The number of amides is 3. The van der Waals surface area contributed by atoms with Crippen LogP contribution in [0.5, 0.6) is 0 Å². The largest absolute Gasteiger partial charge is 0.445 e. The molecule has 0 unspecified atom stereocenters. The SMILES string of the molecule is CCNC(=O)OCc1ccc([C@@H]2CCCC[C@H]2C(=O)N[C@H](C(N)=O)c2ccccc2)cc1. The number of hydrogen-bond donors (Lipinski definition) is 3. The zero-order valence-corrected chi connectivity index (χ0v) is 18.4. The summed E-state index contributed by atoms with van der Waals surface area (Å²) in [6.07, 6.45) is 3.25. The summed E-state index contributed by atoms with van der Waals surface area (Å²) in [7, 11) is 0. The molecule has 32 heavy (non-hydrogen) atoms. The topological polar surface area (TPSA) is 111 Å². The molecule has 0 aromatic heterocycles. The molecular formula is C25H31N3O4. The van der Waals surface area contributed by atoms with Crippen molar-refractivity contribution in [3.8, 4) is 0 Å². The van der Waals surface area contributed by atoms with Crippen LogP contribution in [0.1, 0.15) is 61.3 Å². The molecule has 170 valence electrons. The van der Waals surface area contributed by atoms with Crippen molar-refractivity contribution in [1.29, 1.82) is 0 Å². The highest BCUT2D eigenvalue weighted by molar-refractivity contribution is 5.89. The van der Waals surface area contributed by atoms with E-state index in [0.29, 0.717) is 12.1 Å². The average molecular weight is 438 g/mol. The van der Waals surface area contributed by atoms with Crippen LogP contribution in [0.15, 0.2) is 54.6 Å². The fraction of sp³-hybridized carbons (Fsp3) is 0.400. The number of hydrogen-bond acceptors (Lipinski definition) is 4. The second-order valence-corrected chi connectivity index (χ2v) is 8.10. The summed E-state index contributed by atoms with van der Waals surface area (Å²) in [5.74, 6) is -0.891. The van der Waals surface area contributed by atoms with Gasteiger partial charge in [0.15, 0.2) is 0 Å². The van der Waals surface area contributed by atoms with Crippen LogP contribution < -0.4 is 16.4 Å². The van der Waals surface area contributed by atoms with Crippen LogP contribution in [-0.2, 0) is 20.9 Å². The van der Waals surface area contributed by atoms with Gasteiger partial charge in [0.1, 0.15) is 12.6 Å². The minimum atomic E-state index is -0.847. The van der Waals surface area contributed by atoms with Gasteiger partial charge in [-0.05, 0) is 42.4 Å². The number of rotatable bonds is 8. The van der Waals surface area contributed by atoms with E-state index < -0.39 is 18.0 Å². The molecule has 2 aromatic carbocycles. The fourth-order valence-electron chi connectivity index (χ4n) is 4.26. The molecule has 4 N–H and O–H groups in total. The smallest absolute Gasteiger partial charge is 0.407 e. The van der Waals surface area contributed by atoms with Gasteiger partial charge in [-0.2, -0.15) is 0 Å². The van der Waals surface area contributed by atoms with Crippen LogP contribution in [0.3, 0.4) is 0 Å². The first-order chi connectivity index (χ1) is 15.5. The van der Waals surface area contributed by atoms with Gasteiger partial charge in [0.25, 0.3) is 0 Å². The van der Waals surface area contributed by atoms with Crippen LogP contribution in [0.2, 0.25) is 0 Å². The number of carbonyl (C=O) groups is 3. The van der Waals surface area contributed by atoms with Crippen molar-refractivity contribution >= 4 is 17.9 Å². The Balaban J connectivity index is 1.69. The molecule has 0 saturated heterocycles. The minimum Gasteiger partial charge on any atom is -0.445 e. The van der Waals surface area contributed by atoms with Crippen molar-refractivity contribution in [2.75, 3.05) is 6.54 Å². The van der Waals surface area contributed by atoms with Gasteiger partial charge in [0, 0.05) is 12.5 Å². The van der Waals surface area contributed by atoms with Crippen LogP contribution in [0, 0.1) is 5.92 Å².